The third kappa shape index (κ3) is 3.54. The van der Waals surface area contributed by atoms with E-state index in [0.29, 0.717) is 19.9 Å². The molecule has 0 aliphatic carbocycles. The van der Waals surface area contributed by atoms with E-state index >= 15 is 0 Å². The third-order valence-corrected chi connectivity index (χ3v) is 5.94. The average Bonchev–Trinajstić information content (AvgIpc) is 3.18. The summed E-state index contributed by atoms with van der Waals surface area (Å²) < 4.78 is 1.37. The second-order valence-corrected chi connectivity index (χ2v) is 8.17. The van der Waals surface area contributed by atoms with Gasteiger partial charge in [0, 0.05) is 12.1 Å². The van der Waals surface area contributed by atoms with Crippen LogP contribution in [0.1, 0.15) is 5.56 Å². The van der Waals surface area contributed by atoms with Crippen LogP contribution < -0.4 is 5.43 Å². The van der Waals surface area contributed by atoms with E-state index in [-0.39, 0.29) is 11.6 Å². The molecular weight excluding hydrogens is 404 g/mol. The molecule has 0 unspecified atom stereocenters. The van der Waals surface area contributed by atoms with Crippen LogP contribution >= 0.6 is 35.3 Å². The molecule has 7 nitrogen and oxygen atoms in total. The zero-order valence-electron chi connectivity index (χ0n) is 13.5. The molecule has 0 spiro atoms. The minimum atomic E-state index is -0.467. The number of hydrazine groups is 1. The van der Waals surface area contributed by atoms with Crippen LogP contribution in [0, 0.1) is 10.1 Å². The molecule has 1 saturated heterocycles. The Labute approximate surface area is 166 Å². The Morgan fingerprint density at radius 2 is 1.93 bits per heavy atom. The van der Waals surface area contributed by atoms with Crippen LogP contribution in [0.15, 0.2) is 53.4 Å². The van der Waals surface area contributed by atoms with Crippen molar-refractivity contribution in [1.82, 2.24) is 9.99 Å². The highest BCUT2D eigenvalue weighted by molar-refractivity contribution is 8.26. The predicted octanol–water partition coefficient (Wildman–Crippen LogP) is 4.43. The molecule has 0 saturated carbocycles. The normalized spacial score (nSPS) is 15.7. The zero-order valence-corrected chi connectivity index (χ0v) is 15.9. The fraction of sp³-hybridized carbons (Fsp3) is 0. The molecule has 0 bridgehead atoms. The quantitative estimate of drug-likeness (QED) is 0.292. The summed E-state index contributed by atoms with van der Waals surface area (Å²) >= 11 is 7.89. The molecule has 4 rings (SSSR count). The lowest BCUT2D eigenvalue weighted by Gasteiger charge is -2.14. The van der Waals surface area contributed by atoms with E-state index in [1.807, 2.05) is 24.3 Å². The van der Waals surface area contributed by atoms with E-state index in [4.69, 9.17) is 12.2 Å². The molecule has 1 N–H and O–H groups in total. The second-order valence-electron chi connectivity index (χ2n) is 5.46. The number of amides is 1. The van der Waals surface area contributed by atoms with Crippen molar-refractivity contribution in [3.05, 3.63) is 69.1 Å². The molecule has 0 atom stereocenters. The summed E-state index contributed by atoms with van der Waals surface area (Å²) in [6, 6.07) is 13.6. The van der Waals surface area contributed by atoms with Crippen molar-refractivity contribution >= 4 is 72.7 Å². The molecule has 1 aromatic heterocycles. The van der Waals surface area contributed by atoms with Crippen LogP contribution in [0.4, 0.5) is 10.8 Å². The van der Waals surface area contributed by atoms with Crippen molar-refractivity contribution in [2.45, 2.75) is 0 Å². The van der Waals surface area contributed by atoms with Gasteiger partial charge in [-0.25, -0.2) is 4.98 Å². The first-order valence-corrected chi connectivity index (χ1v) is 9.70. The van der Waals surface area contributed by atoms with Gasteiger partial charge in [-0.15, -0.1) is 0 Å². The van der Waals surface area contributed by atoms with Gasteiger partial charge < -0.3 is 0 Å². The number of carbonyl (C=O) groups is 1. The van der Waals surface area contributed by atoms with Gasteiger partial charge in [-0.1, -0.05) is 35.2 Å². The number of non-ortho nitro benzene ring substituents is 1. The van der Waals surface area contributed by atoms with Crippen molar-refractivity contribution in [2.24, 2.45) is 0 Å². The Balaban J connectivity index is 1.55. The summed E-state index contributed by atoms with van der Waals surface area (Å²) in [7, 11) is 0. The summed E-state index contributed by atoms with van der Waals surface area (Å²) in [5.74, 6) is -0.289. The van der Waals surface area contributed by atoms with Crippen molar-refractivity contribution in [3.63, 3.8) is 0 Å². The number of carbonyl (C=O) groups excluding carboxylic acids is 1. The van der Waals surface area contributed by atoms with E-state index < -0.39 is 4.92 Å². The molecule has 3 aromatic rings. The van der Waals surface area contributed by atoms with Crippen LogP contribution in [0.3, 0.4) is 0 Å². The number of hydrogen-bond acceptors (Lipinski definition) is 8. The fourth-order valence-corrected chi connectivity index (χ4v) is 4.46. The fourth-order valence-electron chi connectivity index (χ4n) is 2.42. The van der Waals surface area contributed by atoms with Gasteiger partial charge in [0.2, 0.25) is 5.13 Å². The number of para-hydroxylation sites is 1. The third-order valence-electron chi connectivity index (χ3n) is 3.70. The number of thiazole rings is 1. The Kier molecular flexibility index (Phi) is 4.60. The molecule has 2 heterocycles. The van der Waals surface area contributed by atoms with Gasteiger partial charge in [0.1, 0.15) is 0 Å². The number of rotatable bonds is 4. The van der Waals surface area contributed by atoms with Gasteiger partial charge in [-0.3, -0.25) is 20.3 Å². The number of nitrogens with one attached hydrogen (secondary N) is 1. The van der Waals surface area contributed by atoms with E-state index in [0.717, 1.165) is 22.0 Å². The van der Waals surface area contributed by atoms with Crippen LogP contribution in [0.25, 0.3) is 16.3 Å². The number of thiocarbonyl (C=S) groups is 1. The van der Waals surface area contributed by atoms with E-state index in [1.54, 1.807) is 18.2 Å². The number of thioether (sulfide) groups is 1. The average molecular weight is 414 g/mol. The Morgan fingerprint density at radius 1 is 1.19 bits per heavy atom. The largest absolute Gasteiger partial charge is 0.285 e. The number of nitro groups is 1. The SMILES string of the molecule is O=C1/C(=C\c2ccc([N+](=O)[O-])cc2)SC(=S)N1Nc1nc2ccccc2s1. The van der Waals surface area contributed by atoms with Crippen LogP contribution in [-0.4, -0.2) is 25.1 Å². The number of nitrogens with zero attached hydrogens (tertiary/aromatic N) is 3. The van der Waals surface area contributed by atoms with E-state index in [2.05, 4.69) is 10.4 Å². The Bertz CT molecular complexity index is 1080. The summed E-state index contributed by atoms with van der Waals surface area (Å²) in [6.07, 6.45) is 1.66. The van der Waals surface area contributed by atoms with Crippen molar-refractivity contribution in [3.8, 4) is 0 Å². The predicted molar refractivity (Wildman–Crippen MR) is 111 cm³/mol. The lowest BCUT2D eigenvalue weighted by molar-refractivity contribution is -0.384. The van der Waals surface area contributed by atoms with Crippen LogP contribution in [0.2, 0.25) is 0 Å². The summed E-state index contributed by atoms with van der Waals surface area (Å²) in [5.41, 5.74) is 4.49. The molecule has 1 aliphatic rings. The molecule has 134 valence electrons. The molecule has 10 heteroatoms. The molecule has 2 aromatic carbocycles. The number of nitro benzene ring substituents is 1. The first-order chi connectivity index (χ1) is 13.0. The van der Waals surface area contributed by atoms with Crippen LogP contribution in [-0.2, 0) is 4.79 Å². The molecule has 1 aliphatic heterocycles. The minimum Gasteiger partial charge on any atom is -0.266 e. The Hall–Kier alpha value is -2.82. The first kappa shape index (κ1) is 17.6. The molecule has 27 heavy (non-hydrogen) atoms. The summed E-state index contributed by atoms with van der Waals surface area (Å²) in [5, 5.41) is 12.6. The minimum absolute atomic E-state index is 0.00259. The number of benzene rings is 2. The summed E-state index contributed by atoms with van der Waals surface area (Å²) in [4.78, 5) is 27.8. The van der Waals surface area contributed by atoms with Crippen molar-refractivity contribution in [1.29, 1.82) is 0 Å². The zero-order chi connectivity index (χ0) is 19.0. The molecule has 1 amide bonds. The standard InChI is InChI=1S/C17H10N4O3S3/c22-15-14(9-10-5-7-11(8-6-10)21(23)24)27-17(25)20(15)19-16-18-12-3-1-2-4-13(12)26-16/h1-9H,(H,18,19)/b14-9+. The van der Waals surface area contributed by atoms with E-state index in [9.17, 15) is 14.9 Å². The highest BCUT2D eigenvalue weighted by Gasteiger charge is 2.33. The van der Waals surface area contributed by atoms with Gasteiger partial charge in [0.05, 0.1) is 20.0 Å². The Morgan fingerprint density at radius 3 is 2.63 bits per heavy atom. The molecule has 0 radical (unpaired) electrons. The number of hydrogen-bond donors (Lipinski definition) is 1. The number of fused-ring (bicyclic) bond motifs is 1. The maximum absolute atomic E-state index is 12.7. The van der Waals surface area contributed by atoms with Gasteiger partial charge in [-0.2, -0.15) is 5.01 Å². The van der Waals surface area contributed by atoms with Gasteiger partial charge >= 0.3 is 0 Å². The monoisotopic (exact) mass is 414 g/mol. The highest BCUT2D eigenvalue weighted by atomic mass is 32.2. The van der Waals surface area contributed by atoms with Gasteiger partial charge in [0.15, 0.2) is 4.32 Å². The maximum atomic E-state index is 12.7. The van der Waals surface area contributed by atoms with Gasteiger partial charge in [-0.05, 0) is 48.1 Å². The number of anilines is 1. The highest BCUT2D eigenvalue weighted by Crippen LogP contribution is 2.34. The maximum Gasteiger partial charge on any atom is 0.285 e. The van der Waals surface area contributed by atoms with Crippen molar-refractivity contribution in [2.75, 3.05) is 5.43 Å². The molecular formula is C17H10N4O3S3. The lowest BCUT2D eigenvalue weighted by Crippen LogP contribution is -2.33. The van der Waals surface area contributed by atoms with Gasteiger partial charge in [0.25, 0.3) is 11.6 Å². The topological polar surface area (TPSA) is 88.4 Å². The van der Waals surface area contributed by atoms with E-state index in [1.165, 1.54) is 28.5 Å². The molecule has 1 fully saturated rings. The smallest absolute Gasteiger partial charge is 0.266 e. The van der Waals surface area contributed by atoms with Crippen molar-refractivity contribution < 1.29 is 9.72 Å². The van der Waals surface area contributed by atoms with Crippen LogP contribution in [0.5, 0.6) is 0 Å². The first-order valence-electron chi connectivity index (χ1n) is 7.66. The summed E-state index contributed by atoms with van der Waals surface area (Å²) in [6.45, 7) is 0. The number of aromatic nitrogens is 1. The second kappa shape index (κ2) is 7.06. The lowest BCUT2D eigenvalue weighted by atomic mass is 10.2.